The van der Waals surface area contributed by atoms with Crippen LogP contribution in [0.4, 0.5) is 0 Å². The summed E-state index contributed by atoms with van der Waals surface area (Å²) in [6.07, 6.45) is 3.47. The van der Waals surface area contributed by atoms with Crippen molar-refractivity contribution in [3.8, 4) is 0 Å². The van der Waals surface area contributed by atoms with Crippen LogP contribution in [0.25, 0.3) is 0 Å². The maximum absolute atomic E-state index is 6.09. The largest absolute Gasteiger partial charge is 0.370 e. The number of hydrogen-bond donors (Lipinski definition) is 1. The van der Waals surface area contributed by atoms with Crippen LogP contribution in [0.3, 0.4) is 0 Å². The molecule has 2 aliphatic rings. The molecule has 3 rings (SSSR count). The molecule has 0 radical (unpaired) electrons. The lowest BCUT2D eigenvalue weighted by atomic mass is 9.86. The standard InChI is InChI=1S/C17H26N4/c1-2-10-21-16(18)19-14-17(21)8-11-20(12-9-17)13-15-6-4-3-5-7-15/h3-7H,2,8-14H2,1H3,(H2,18,19). The first-order valence-corrected chi connectivity index (χ1v) is 8.07. The van der Waals surface area contributed by atoms with Crippen LogP contribution in [0.5, 0.6) is 0 Å². The third kappa shape index (κ3) is 2.91. The summed E-state index contributed by atoms with van der Waals surface area (Å²) in [4.78, 5) is 9.45. The van der Waals surface area contributed by atoms with Crippen molar-refractivity contribution in [2.24, 2.45) is 10.7 Å². The van der Waals surface area contributed by atoms with Gasteiger partial charge in [-0.15, -0.1) is 0 Å². The van der Waals surface area contributed by atoms with Gasteiger partial charge in [0.05, 0.1) is 12.1 Å². The Morgan fingerprint density at radius 1 is 1.19 bits per heavy atom. The lowest BCUT2D eigenvalue weighted by Gasteiger charge is -2.45. The Hall–Kier alpha value is -1.55. The van der Waals surface area contributed by atoms with E-state index in [2.05, 4.69) is 52.0 Å². The molecule has 2 N–H and O–H groups in total. The molecule has 0 atom stereocenters. The first kappa shape index (κ1) is 14.4. The predicted octanol–water partition coefficient (Wildman–Crippen LogP) is 2.06. The number of rotatable bonds is 4. The van der Waals surface area contributed by atoms with Crippen molar-refractivity contribution < 1.29 is 0 Å². The molecular weight excluding hydrogens is 260 g/mol. The molecular formula is C17H26N4. The fourth-order valence-corrected chi connectivity index (χ4v) is 3.61. The second kappa shape index (κ2) is 6.06. The van der Waals surface area contributed by atoms with Crippen molar-refractivity contribution in [2.75, 3.05) is 26.2 Å². The normalized spacial score (nSPS) is 21.8. The van der Waals surface area contributed by atoms with Crippen LogP contribution in [0.15, 0.2) is 35.3 Å². The van der Waals surface area contributed by atoms with Crippen LogP contribution >= 0.6 is 0 Å². The van der Waals surface area contributed by atoms with E-state index in [0.717, 1.165) is 45.1 Å². The van der Waals surface area contributed by atoms with E-state index in [1.165, 1.54) is 18.4 Å². The zero-order valence-electron chi connectivity index (χ0n) is 13.0. The van der Waals surface area contributed by atoms with Crippen LogP contribution < -0.4 is 5.73 Å². The van der Waals surface area contributed by atoms with Gasteiger partial charge in [0.15, 0.2) is 5.96 Å². The maximum Gasteiger partial charge on any atom is 0.191 e. The number of benzene rings is 1. The molecule has 1 spiro atoms. The molecule has 4 nitrogen and oxygen atoms in total. The topological polar surface area (TPSA) is 44.9 Å². The first-order chi connectivity index (χ1) is 10.2. The van der Waals surface area contributed by atoms with Crippen molar-refractivity contribution in [3.05, 3.63) is 35.9 Å². The predicted molar refractivity (Wildman–Crippen MR) is 87.2 cm³/mol. The minimum absolute atomic E-state index is 0.202. The van der Waals surface area contributed by atoms with E-state index in [9.17, 15) is 0 Å². The van der Waals surface area contributed by atoms with Crippen LogP contribution in [-0.2, 0) is 6.54 Å². The van der Waals surface area contributed by atoms with Crippen molar-refractivity contribution in [1.29, 1.82) is 0 Å². The van der Waals surface area contributed by atoms with Gasteiger partial charge in [0.1, 0.15) is 0 Å². The van der Waals surface area contributed by atoms with Gasteiger partial charge in [-0.3, -0.25) is 9.89 Å². The molecule has 0 bridgehead atoms. The maximum atomic E-state index is 6.09. The summed E-state index contributed by atoms with van der Waals surface area (Å²) in [6.45, 7) is 7.46. The highest BCUT2D eigenvalue weighted by atomic mass is 15.4. The van der Waals surface area contributed by atoms with E-state index in [1.807, 2.05) is 0 Å². The highest BCUT2D eigenvalue weighted by molar-refractivity contribution is 5.81. The fraction of sp³-hybridized carbons (Fsp3) is 0.588. The van der Waals surface area contributed by atoms with Gasteiger partial charge >= 0.3 is 0 Å². The summed E-state index contributed by atoms with van der Waals surface area (Å²) in [5.41, 5.74) is 7.70. The molecule has 2 aliphatic heterocycles. The van der Waals surface area contributed by atoms with E-state index in [1.54, 1.807) is 0 Å². The molecule has 0 saturated carbocycles. The van der Waals surface area contributed by atoms with E-state index in [4.69, 9.17) is 5.73 Å². The minimum atomic E-state index is 0.202. The molecule has 0 unspecified atom stereocenters. The van der Waals surface area contributed by atoms with Crippen molar-refractivity contribution in [3.63, 3.8) is 0 Å². The van der Waals surface area contributed by atoms with Crippen molar-refractivity contribution >= 4 is 5.96 Å². The quantitative estimate of drug-likeness (QED) is 0.921. The minimum Gasteiger partial charge on any atom is -0.370 e. The van der Waals surface area contributed by atoms with Gasteiger partial charge < -0.3 is 10.6 Å². The SMILES string of the molecule is CCCN1C(N)=NCC12CCN(Cc1ccccc1)CC2. The van der Waals surface area contributed by atoms with Crippen LogP contribution in [0, 0.1) is 0 Å². The molecule has 2 heterocycles. The Morgan fingerprint density at radius 3 is 2.57 bits per heavy atom. The zero-order chi connectivity index (χ0) is 14.7. The average molecular weight is 286 g/mol. The third-order valence-electron chi connectivity index (χ3n) is 4.87. The second-order valence-corrected chi connectivity index (χ2v) is 6.31. The number of likely N-dealkylation sites (tertiary alicyclic amines) is 1. The van der Waals surface area contributed by atoms with Gasteiger partial charge in [-0.25, -0.2) is 0 Å². The Kier molecular flexibility index (Phi) is 4.15. The van der Waals surface area contributed by atoms with Gasteiger partial charge in [-0.05, 0) is 24.8 Å². The van der Waals surface area contributed by atoms with Crippen molar-refractivity contribution in [2.45, 2.75) is 38.3 Å². The van der Waals surface area contributed by atoms with Gasteiger partial charge in [0.25, 0.3) is 0 Å². The molecule has 21 heavy (non-hydrogen) atoms. The highest BCUT2D eigenvalue weighted by Gasteiger charge is 2.43. The Labute approximate surface area is 127 Å². The Morgan fingerprint density at radius 2 is 1.90 bits per heavy atom. The molecule has 0 aromatic heterocycles. The van der Waals surface area contributed by atoms with Gasteiger partial charge in [0.2, 0.25) is 0 Å². The Balaban J connectivity index is 1.60. The summed E-state index contributed by atoms with van der Waals surface area (Å²) < 4.78 is 0. The summed E-state index contributed by atoms with van der Waals surface area (Å²) in [6, 6.07) is 10.7. The van der Waals surface area contributed by atoms with Crippen LogP contribution in [0.2, 0.25) is 0 Å². The summed E-state index contributed by atoms with van der Waals surface area (Å²) in [7, 11) is 0. The molecule has 4 heteroatoms. The number of hydrogen-bond acceptors (Lipinski definition) is 4. The summed E-state index contributed by atoms with van der Waals surface area (Å²) >= 11 is 0. The van der Waals surface area contributed by atoms with Crippen LogP contribution in [-0.4, -0.2) is 47.5 Å². The molecule has 0 aliphatic carbocycles. The highest BCUT2D eigenvalue weighted by Crippen LogP contribution is 2.33. The van der Waals surface area contributed by atoms with Gasteiger partial charge in [0, 0.05) is 26.2 Å². The number of guanidine groups is 1. The molecule has 1 saturated heterocycles. The number of piperidine rings is 1. The fourth-order valence-electron chi connectivity index (χ4n) is 3.61. The average Bonchev–Trinajstić information content (AvgIpc) is 2.81. The zero-order valence-corrected chi connectivity index (χ0v) is 13.0. The molecule has 114 valence electrons. The molecule has 1 fully saturated rings. The van der Waals surface area contributed by atoms with E-state index < -0.39 is 0 Å². The molecule has 1 aromatic carbocycles. The van der Waals surface area contributed by atoms with Gasteiger partial charge in [-0.1, -0.05) is 37.3 Å². The lowest BCUT2D eigenvalue weighted by molar-refractivity contribution is 0.0819. The molecule has 1 aromatic rings. The van der Waals surface area contributed by atoms with E-state index >= 15 is 0 Å². The van der Waals surface area contributed by atoms with Gasteiger partial charge in [-0.2, -0.15) is 0 Å². The third-order valence-corrected chi connectivity index (χ3v) is 4.87. The first-order valence-electron chi connectivity index (χ1n) is 8.07. The number of nitrogens with two attached hydrogens (primary N) is 1. The smallest absolute Gasteiger partial charge is 0.191 e. The monoisotopic (exact) mass is 286 g/mol. The number of nitrogens with zero attached hydrogens (tertiary/aromatic N) is 3. The summed E-state index contributed by atoms with van der Waals surface area (Å²) in [5, 5.41) is 0. The second-order valence-electron chi connectivity index (χ2n) is 6.31. The lowest BCUT2D eigenvalue weighted by Crippen LogP contribution is -2.57. The van der Waals surface area contributed by atoms with Crippen molar-refractivity contribution in [1.82, 2.24) is 9.80 Å². The number of aliphatic imine (C=N–C) groups is 1. The Bertz CT molecular complexity index is 489. The summed E-state index contributed by atoms with van der Waals surface area (Å²) in [5.74, 6) is 0.758. The molecule has 0 amide bonds. The van der Waals surface area contributed by atoms with E-state index in [-0.39, 0.29) is 5.54 Å². The van der Waals surface area contributed by atoms with E-state index in [0.29, 0.717) is 0 Å². The van der Waals surface area contributed by atoms with Crippen LogP contribution in [0.1, 0.15) is 31.7 Å².